The van der Waals surface area contributed by atoms with Crippen LogP contribution in [0.3, 0.4) is 0 Å². The third kappa shape index (κ3) is 2.96. The third-order valence-electron chi connectivity index (χ3n) is 2.32. The van der Waals surface area contributed by atoms with E-state index in [1.54, 1.807) is 18.5 Å². The number of rotatable bonds is 3. The summed E-state index contributed by atoms with van der Waals surface area (Å²) in [5.74, 6) is 1.33. The van der Waals surface area contributed by atoms with Crippen molar-refractivity contribution >= 4 is 11.6 Å². The third-order valence-corrected chi connectivity index (χ3v) is 2.52. The topological polar surface area (TPSA) is 48.1 Å². The standard InChI is InChI=1S/C13H13ClN2O/c1-9(15)12-4-2-3-5-13(12)17-11-6-10(14)7-16-8-11/h2-9H,15H2,1H3/t9-/m0/s1. The molecule has 2 rings (SSSR count). The normalized spacial score (nSPS) is 12.2. The number of nitrogens with zero attached hydrogens (tertiary/aromatic N) is 1. The summed E-state index contributed by atoms with van der Waals surface area (Å²) < 4.78 is 5.72. The van der Waals surface area contributed by atoms with Crippen molar-refractivity contribution in [1.29, 1.82) is 0 Å². The Morgan fingerprint density at radius 3 is 2.76 bits per heavy atom. The van der Waals surface area contributed by atoms with E-state index in [-0.39, 0.29) is 6.04 Å². The summed E-state index contributed by atoms with van der Waals surface area (Å²) in [6.07, 6.45) is 3.18. The first kappa shape index (κ1) is 11.9. The summed E-state index contributed by atoms with van der Waals surface area (Å²) in [7, 11) is 0. The van der Waals surface area contributed by atoms with Crippen molar-refractivity contribution in [1.82, 2.24) is 4.98 Å². The van der Waals surface area contributed by atoms with Gasteiger partial charge in [0.05, 0.1) is 11.2 Å². The molecule has 0 radical (unpaired) electrons. The molecule has 0 fully saturated rings. The quantitative estimate of drug-likeness (QED) is 0.904. The zero-order valence-corrected chi connectivity index (χ0v) is 10.2. The average Bonchev–Trinajstić information content (AvgIpc) is 2.29. The van der Waals surface area contributed by atoms with Gasteiger partial charge in [0.15, 0.2) is 0 Å². The zero-order valence-electron chi connectivity index (χ0n) is 9.43. The molecule has 1 heterocycles. The van der Waals surface area contributed by atoms with E-state index in [0.717, 1.165) is 11.3 Å². The second-order valence-corrected chi connectivity index (χ2v) is 4.20. The van der Waals surface area contributed by atoms with E-state index in [1.807, 2.05) is 31.2 Å². The first-order chi connectivity index (χ1) is 8.16. The molecular formula is C13H13ClN2O. The Balaban J connectivity index is 2.30. The van der Waals surface area contributed by atoms with Gasteiger partial charge in [-0.25, -0.2) is 0 Å². The maximum Gasteiger partial charge on any atom is 0.147 e. The highest BCUT2D eigenvalue weighted by molar-refractivity contribution is 6.30. The zero-order chi connectivity index (χ0) is 12.3. The molecule has 0 spiro atoms. The van der Waals surface area contributed by atoms with Gasteiger partial charge in [0.2, 0.25) is 0 Å². The number of hydrogen-bond donors (Lipinski definition) is 1. The van der Waals surface area contributed by atoms with Gasteiger partial charge in [-0.2, -0.15) is 0 Å². The van der Waals surface area contributed by atoms with Crippen LogP contribution < -0.4 is 10.5 Å². The summed E-state index contributed by atoms with van der Waals surface area (Å²) in [4.78, 5) is 3.97. The molecule has 0 unspecified atom stereocenters. The second kappa shape index (κ2) is 5.17. The number of benzene rings is 1. The lowest BCUT2D eigenvalue weighted by Gasteiger charge is -2.13. The predicted octanol–water partition coefficient (Wildman–Crippen LogP) is 3.55. The maximum atomic E-state index is 5.88. The number of halogens is 1. The molecule has 0 saturated carbocycles. The average molecular weight is 249 g/mol. The number of aromatic nitrogens is 1. The number of para-hydroxylation sites is 1. The molecule has 1 atom stereocenters. The number of ether oxygens (including phenoxy) is 1. The highest BCUT2D eigenvalue weighted by Gasteiger charge is 2.08. The first-order valence-corrected chi connectivity index (χ1v) is 5.67. The van der Waals surface area contributed by atoms with Gasteiger partial charge >= 0.3 is 0 Å². The summed E-state index contributed by atoms with van der Waals surface area (Å²) in [6.45, 7) is 1.92. The van der Waals surface area contributed by atoms with Crippen LogP contribution >= 0.6 is 11.6 Å². The fraction of sp³-hybridized carbons (Fsp3) is 0.154. The van der Waals surface area contributed by atoms with Crippen molar-refractivity contribution in [3.8, 4) is 11.5 Å². The Labute approximate surface area is 105 Å². The van der Waals surface area contributed by atoms with Gasteiger partial charge in [-0.3, -0.25) is 4.98 Å². The fourth-order valence-corrected chi connectivity index (χ4v) is 1.69. The van der Waals surface area contributed by atoms with Gasteiger partial charge < -0.3 is 10.5 Å². The highest BCUT2D eigenvalue weighted by Crippen LogP contribution is 2.28. The summed E-state index contributed by atoms with van der Waals surface area (Å²) in [5, 5.41) is 0.542. The Morgan fingerprint density at radius 1 is 1.29 bits per heavy atom. The molecule has 3 nitrogen and oxygen atoms in total. The van der Waals surface area contributed by atoms with E-state index in [9.17, 15) is 0 Å². The van der Waals surface area contributed by atoms with E-state index in [2.05, 4.69) is 4.98 Å². The van der Waals surface area contributed by atoms with Crippen molar-refractivity contribution in [2.45, 2.75) is 13.0 Å². The molecule has 0 aliphatic rings. The molecule has 88 valence electrons. The van der Waals surface area contributed by atoms with Crippen molar-refractivity contribution in [3.05, 3.63) is 53.3 Å². The lowest BCUT2D eigenvalue weighted by molar-refractivity contribution is 0.470. The molecule has 1 aromatic carbocycles. The van der Waals surface area contributed by atoms with E-state index in [1.165, 1.54) is 0 Å². The van der Waals surface area contributed by atoms with Crippen LogP contribution in [0, 0.1) is 0 Å². The second-order valence-electron chi connectivity index (χ2n) is 3.77. The molecule has 0 amide bonds. The van der Waals surface area contributed by atoms with Gasteiger partial charge in [0.1, 0.15) is 11.5 Å². The molecule has 2 N–H and O–H groups in total. The van der Waals surface area contributed by atoms with Crippen molar-refractivity contribution in [2.75, 3.05) is 0 Å². The van der Waals surface area contributed by atoms with Crippen LogP contribution in [0.2, 0.25) is 5.02 Å². The van der Waals surface area contributed by atoms with Crippen LogP contribution in [0.15, 0.2) is 42.7 Å². The number of hydrogen-bond acceptors (Lipinski definition) is 3. The molecule has 17 heavy (non-hydrogen) atoms. The predicted molar refractivity (Wildman–Crippen MR) is 68.4 cm³/mol. The fourth-order valence-electron chi connectivity index (χ4n) is 1.52. The van der Waals surface area contributed by atoms with Gasteiger partial charge in [-0.15, -0.1) is 0 Å². The van der Waals surface area contributed by atoms with E-state index >= 15 is 0 Å². The van der Waals surface area contributed by atoms with E-state index < -0.39 is 0 Å². The monoisotopic (exact) mass is 248 g/mol. The van der Waals surface area contributed by atoms with Crippen LogP contribution in [-0.2, 0) is 0 Å². The molecule has 1 aromatic heterocycles. The molecule has 0 aliphatic carbocycles. The van der Waals surface area contributed by atoms with Gasteiger partial charge in [0.25, 0.3) is 0 Å². The lowest BCUT2D eigenvalue weighted by atomic mass is 10.1. The minimum absolute atomic E-state index is 0.0849. The highest BCUT2D eigenvalue weighted by atomic mass is 35.5. The maximum absolute atomic E-state index is 5.88. The van der Waals surface area contributed by atoms with Crippen molar-refractivity contribution in [2.24, 2.45) is 5.73 Å². The largest absolute Gasteiger partial charge is 0.455 e. The molecule has 0 aliphatic heterocycles. The van der Waals surface area contributed by atoms with Gasteiger partial charge in [-0.05, 0) is 13.0 Å². The van der Waals surface area contributed by atoms with Crippen LogP contribution in [0.4, 0.5) is 0 Å². The number of pyridine rings is 1. The Bertz CT molecular complexity index is 514. The van der Waals surface area contributed by atoms with Gasteiger partial charge in [-0.1, -0.05) is 29.8 Å². The molecule has 0 bridgehead atoms. The summed E-state index contributed by atoms with van der Waals surface area (Å²) in [6, 6.07) is 9.28. The minimum Gasteiger partial charge on any atom is -0.455 e. The molecular weight excluding hydrogens is 236 g/mol. The Kier molecular flexibility index (Phi) is 3.61. The molecule has 2 aromatic rings. The van der Waals surface area contributed by atoms with Crippen LogP contribution in [0.1, 0.15) is 18.5 Å². The minimum atomic E-state index is -0.0849. The Morgan fingerprint density at radius 2 is 2.06 bits per heavy atom. The summed E-state index contributed by atoms with van der Waals surface area (Å²) >= 11 is 5.85. The summed E-state index contributed by atoms with van der Waals surface area (Å²) in [5.41, 5.74) is 6.83. The van der Waals surface area contributed by atoms with E-state index in [0.29, 0.717) is 10.8 Å². The van der Waals surface area contributed by atoms with Gasteiger partial charge in [0, 0.05) is 23.9 Å². The van der Waals surface area contributed by atoms with Crippen LogP contribution in [0.5, 0.6) is 11.5 Å². The Hall–Kier alpha value is -1.58. The van der Waals surface area contributed by atoms with Crippen LogP contribution in [-0.4, -0.2) is 4.98 Å². The molecule has 0 saturated heterocycles. The SMILES string of the molecule is C[C@H](N)c1ccccc1Oc1cncc(Cl)c1. The van der Waals surface area contributed by atoms with Crippen LogP contribution in [0.25, 0.3) is 0 Å². The number of nitrogens with two attached hydrogens (primary N) is 1. The van der Waals surface area contributed by atoms with E-state index in [4.69, 9.17) is 22.1 Å². The lowest BCUT2D eigenvalue weighted by Crippen LogP contribution is -2.06. The smallest absolute Gasteiger partial charge is 0.147 e. The van der Waals surface area contributed by atoms with Crippen molar-refractivity contribution in [3.63, 3.8) is 0 Å². The first-order valence-electron chi connectivity index (χ1n) is 5.30. The molecule has 4 heteroatoms. The van der Waals surface area contributed by atoms with Crippen molar-refractivity contribution < 1.29 is 4.74 Å².